The number of methoxy groups -OCH3 is 1. The van der Waals surface area contributed by atoms with Crippen LogP contribution >= 0.6 is 0 Å². The smallest absolute Gasteiger partial charge is 0.247 e. The predicted molar refractivity (Wildman–Crippen MR) is 97.4 cm³/mol. The zero-order chi connectivity index (χ0) is 18.6. The number of amides is 1. The van der Waals surface area contributed by atoms with E-state index in [0.29, 0.717) is 18.8 Å². The third-order valence-electron chi connectivity index (χ3n) is 4.39. The van der Waals surface area contributed by atoms with Crippen LogP contribution in [-0.4, -0.2) is 63.4 Å². The average molecular weight is 369 g/mol. The Hall–Kier alpha value is -1.64. The van der Waals surface area contributed by atoms with Gasteiger partial charge in [-0.15, -0.1) is 0 Å². The van der Waals surface area contributed by atoms with E-state index in [1.165, 1.54) is 20.1 Å². The van der Waals surface area contributed by atoms with E-state index in [4.69, 9.17) is 4.74 Å². The normalized spacial score (nSPS) is 20.1. The Bertz CT molecular complexity index is 721. The number of nitrogens with one attached hydrogen (secondary N) is 1. The highest BCUT2D eigenvalue weighted by Crippen LogP contribution is 2.32. The molecule has 1 aliphatic heterocycles. The van der Waals surface area contributed by atoms with Gasteiger partial charge in [0, 0.05) is 31.7 Å². The number of hydrogen-bond donors (Lipinski definition) is 1. The van der Waals surface area contributed by atoms with Crippen molar-refractivity contribution in [3.63, 3.8) is 0 Å². The van der Waals surface area contributed by atoms with Crippen molar-refractivity contribution < 1.29 is 17.9 Å². The number of ether oxygens (including phenoxy) is 1. The van der Waals surface area contributed by atoms with Crippen LogP contribution in [0.3, 0.4) is 0 Å². The van der Waals surface area contributed by atoms with E-state index in [9.17, 15) is 13.2 Å². The topological polar surface area (TPSA) is 79.0 Å². The first-order chi connectivity index (χ1) is 11.8. The van der Waals surface area contributed by atoms with Gasteiger partial charge in [0.15, 0.2) is 0 Å². The Morgan fingerprint density at radius 1 is 1.36 bits per heavy atom. The van der Waals surface area contributed by atoms with Gasteiger partial charge in [-0.2, -0.15) is 4.31 Å². The van der Waals surface area contributed by atoms with Crippen molar-refractivity contribution in [3.05, 3.63) is 18.2 Å². The molecule has 25 heavy (non-hydrogen) atoms. The SMILES string of the molecule is CCC1CN(C)CCCN1S(=O)(=O)c1cc(NC(C)=O)ccc1OC. The highest BCUT2D eigenvalue weighted by atomic mass is 32.2. The number of anilines is 1. The molecule has 0 spiro atoms. The number of carbonyl (C=O) groups excluding carboxylic acids is 1. The number of rotatable bonds is 5. The monoisotopic (exact) mass is 369 g/mol. The molecule has 1 fully saturated rings. The Labute approximate surface area is 150 Å². The second kappa shape index (κ2) is 8.16. The van der Waals surface area contributed by atoms with Crippen LogP contribution < -0.4 is 10.1 Å². The van der Waals surface area contributed by atoms with Crippen LogP contribution in [0, 0.1) is 0 Å². The van der Waals surface area contributed by atoms with Gasteiger partial charge in [0.1, 0.15) is 10.6 Å². The lowest BCUT2D eigenvalue weighted by Crippen LogP contribution is -2.43. The lowest BCUT2D eigenvalue weighted by Gasteiger charge is -2.30. The maximum absolute atomic E-state index is 13.3. The van der Waals surface area contributed by atoms with Gasteiger partial charge in [0.25, 0.3) is 0 Å². The van der Waals surface area contributed by atoms with Crippen molar-refractivity contribution in [2.24, 2.45) is 0 Å². The minimum Gasteiger partial charge on any atom is -0.495 e. The van der Waals surface area contributed by atoms with E-state index in [0.717, 1.165) is 19.4 Å². The minimum atomic E-state index is -3.74. The summed E-state index contributed by atoms with van der Waals surface area (Å²) in [5.74, 6) is 0.0258. The summed E-state index contributed by atoms with van der Waals surface area (Å²) in [5.41, 5.74) is 0.437. The number of hydrogen-bond acceptors (Lipinski definition) is 5. The van der Waals surface area contributed by atoms with Crippen LogP contribution in [0.5, 0.6) is 5.75 Å². The Morgan fingerprint density at radius 2 is 2.08 bits per heavy atom. The van der Waals surface area contributed by atoms with Gasteiger partial charge in [-0.25, -0.2) is 8.42 Å². The summed E-state index contributed by atoms with van der Waals surface area (Å²) in [6.45, 7) is 5.42. The highest BCUT2D eigenvalue weighted by Gasteiger charge is 2.34. The van der Waals surface area contributed by atoms with E-state index < -0.39 is 10.0 Å². The summed E-state index contributed by atoms with van der Waals surface area (Å²) in [7, 11) is -0.286. The average Bonchev–Trinajstić information content (AvgIpc) is 2.75. The Balaban J connectivity index is 2.47. The van der Waals surface area contributed by atoms with Gasteiger partial charge in [-0.3, -0.25) is 4.79 Å². The number of carbonyl (C=O) groups is 1. The van der Waals surface area contributed by atoms with Crippen LogP contribution in [0.15, 0.2) is 23.1 Å². The molecule has 1 unspecified atom stereocenters. The van der Waals surface area contributed by atoms with Crippen LogP contribution in [0.1, 0.15) is 26.7 Å². The molecular weight excluding hydrogens is 342 g/mol. The standard InChI is InChI=1S/C17H27N3O4S/c1-5-15-12-19(3)9-6-10-20(15)25(22,23)17-11-14(18-13(2)21)7-8-16(17)24-4/h7-8,11,15H,5-6,9-10,12H2,1-4H3,(H,18,21). The molecule has 1 aliphatic rings. The fraction of sp³-hybridized carbons (Fsp3) is 0.588. The zero-order valence-corrected chi connectivity index (χ0v) is 16.1. The van der Waals surface area contributed by atoms with Crippen molar-refractivity contribution in [1.82, 2.24) is 9.21 Å². The molecular formula is C17H27N3O4S. The molecule has 1 aromatic rings. The van der Waals surface area contributed by atoms with E-state index in [2.05, 4.69) is 10.2 Å². The number of nitrogens with zero attached hydrogens (tertiary/aromatic N) is 2. The van der Waals surface area contributed by atoms with Crippen LogP contribution in [0.25, 0.3) is 0 Å². The van der Waals surface area contributed by atoms with E-state index in [1.54, 1.807) is 16.4 Å². The molecule has 0 saturated carbocycles. The molecule has 8 heteroatoms. The van der Waals surface area contributed by atoms with E-state index in [1.807, 2.05) is 14.0 Å². The molecule has 1 aromatic carbocycles. The molecule has 0 bridgehead atoms. The van der Waals surface area contributed by atoms with Crippen molar-refractivity contribution >= 4 is 21.6 Å². The maximum atomic E-state index is 13.3. The fourth-order valence-electron chi connectivity index (χ4n) is 3.16. The second-order valence-corrected chi connectivity index (χ2v) is 8.20. The molecule has 1 saturated heterocycles. The fourth-order valence-corrected chi connectivity index (χ4v) is 5.07. The summed E-state index contributed by atoms with van der Waals surface area (Å²) >= 11 is 0. The highest BCUT2D eigenvalue weighted by molar-refractivity contribution is 7.89. The molecule has 1 amide bonds. The Kier molecular flexibility index (Phi) is 6.42. The summed E-state index contributed by atoms with van der Waals surface area (Å²) in [5, 5.41) is 2.63. The van der Waals surface area contributed by atoms with Crippen molar-refractivity contribution in [2.75, 3.05) is 39.1 Å². The second-order valence-electron chi connectivity index (χ2n) is 6.34. The van der Waals surface area contributed by atoms with Crippen LogP contribution in [-0.2, 0) is 14.8 Å². The van der Waals surface area contributed by atoms with Crippen LogP contribution in [0.2, 0.25) is 0 Å². The number of sulfonamides is 1. The first-order valence-electron chi connectivity index (χ1n) is 8.45. The molecule has 0 aliphatic carbocycles. The van der Waals surface area contributed by atoms with Gasteiger partial charge in [-0.05, 0) is 44.6 Å². The maximum Gasteiger partial charge on any atom is 0.247 e. The summed E-state index contributed by atoms with van der Waals surface area (Å²) in [4.78, 5) is 13.6. The molecule has 1 N–H and O–H groups in total. The molecule has 140 valence electrons. The van der Waals surface area contributed by atoms with Gasteiger partial charge >= 0.3 is 0 Å². The number of likely N-dealkylation sites (N-methyl/N-ethyl adjacent to an activating group) is 1. The van der Waals surface area contributed by atoms with Crippen LogP contribution in [0.4, 0.5) is 5.69 Å². The van der Waals surface area contributed by atoms with Crippen molar-refractivity contribution in [2.45, 2.75) is 37.6 Å². The van der Waals surface area contributed by atoms with Gasteiger partial charge in [-0.1, -0.05) is 6.92 Å². The molecule has 1 heterocycles. The largest absolute Gasteiger partial charge is 0.495 e. The molecule has 7 nitrogen and oxygen atoms in total. The van der Waals surface area contributed by atoms with E-state index >= 15 is 0 Å². The van der Waals surface area contributed by atoms with E-state index in [-0.39, 0.29) is 22.6 Å². The van der Waals surface area contributed by atoms with Crippen molar-refractivity contribution in [3.8, 4) is 5.75 Å². The lowest BCUT2D eigenvalue weighted by molar-refractivity contribution is -0.114. The Morgan fingerprint density at radius 3 is 2.68 bits per heavy atom. The zero-order valence-electron chi connectivity index (χ0n) is 15.3. The van der Waals surface area contributed by atoms with Crippen molar-refractivity contribution in [1.29, 1.82) is 0 Å². The first kappa shape index (κ1) is 19.7. The molecule has 1 atom stereocenters. The molecule has 2 rings (SSSR count). The van der Waals surface area contributed by atoms with Gasteiger partial charge < -0.3 is 15.0 Å². The summed E-state index contributed by atoms with van der Waals surface area (Å²) in [6, 6.07) is 4.58. The third kappa shape index (κ3) is 4.50. The minimum absolute atomic E-state index is 0.0873. The summed E-state index contributed by atoms with van der Waals surface area (Å²) < 4.78 is 33.5. The van der Waals surface area contributed by atoms with Gasteiger partial charge in [0.05, 0.1) is 7.11 Å². The van der Waals surface area contributed by atoms with Gasteiger partial charge in [0.2, 0.25) is 15.9 Å². The molecule has 0 radical (unpaired) electrons. The lowest BCUT2D eigenvalue weighted by atomic mass is 10.2. The molecule has 0 aromatic heterocycles. The third-order valence-corrected chi connectivity index (χ3v) is 6.36. The first-order valence-corrected chi connectivity index (χ1v) is 9.89. The summed E-state index contributed by atoms with van der Waals surface area (Å²) in [6.07, 6.45) is 1.51. The number of benzene rings is 1. The predicted octanol–water partition coefficient (Wildman–Crippen LogP) is 1.76. The quantitative estimate of drug-likeness (QED) is 0.856.